The molecule has 0 bridgehead atoms. The summed E-state index contributed by atoms with van der Waals surface area (Å²) in [4.78, 5) is 15.3. The van der Waals surface area contributed by atoms with Crippen LogP contribution in [0.3, 0.4) is 0 Å². The van der Waals surface area contributed by atoms with Crippen molar-refractivity contribution < 1.29 is 4.79 Å². The Morgan fingerprint density at radius 1 is 1.12 bits per heavy atom. The normalized spacial score (nSPS) is 17.1. The van der Waals surface area contributed by atoms with Crippen molar-refractivity contribution in [1.29, 1.82) is 0 Å². The largest absolute Gasteiger partial charge is 0.352 e. The van der Waals surface area contributed by atoms with Gasteiger partial charge in [0.15, 0.2) is 0 Å². The van der Waals surface area contributed by atoms with Crippen LogP contribution in [0.5, 0.6) is 0 Å². The summed E-state index contributed by atoms with van der Waals surface area (Å²) in [6, 6.07) is 14.7. The van der Waals surface area contributed by atoms with Gasteiger partial charge < -0.3 is 14.8 Å². The van der Waals surface area contributed by atoms with E-state index < -0.39 is 0 Å². The average Bonchev–Trinajstić information content (AvgIpc) is 3.03. The number of rotatable bonds is 7. The summed E-state index contributed by atoms with van der Waals surface area (Å²) in [7, 11) is 0. The Morgan fingerprint density at radius 3 is 2.66 bits per heavy atom. The predicted octanol–water partition coefficient (Wildman–Crippen LogP) is 5.95. The van der Waals surface area contributed by atoms with Gasteiger partial charge in [-0.2, -0.15) is 0 Å². The zero-order valence-electron chi connectivity index (χ0n) is 19.5. The van der Waals surface area contributed by atoms with Gasteiger partial charge in [-0.15, -0.1) is 0 Å². The van der Waals surface area contributed by atoms with Gasteiger partial charge in [-0.3, -0.25) is 4.79 Å². The number of piperidine rings is 1. The Balaban J connectivity index is 1.42. The van der Waals surface area contributed by atoms with E-state index in [2.05, 4.69) is 53.8 Å². The second-order valence-electron chi connectivity index (χ2n) is 9.15. The summed E-state index contributed by atoms with van der Waals surface area (Å²) in [6.45, 7) is 10.4. The highest BCUT2D eigenvalue weighted by molar-refractivity contribution is 6.30. The molecule has 0 aliphatic carbocycles. The number of carbonyl (C=O) groups is 1. The standard InChI is InChI=1S/C27H34ClN3O/c1-19-7-4-5-15-30(19)16-6-14-29-27(32)23-10-13-26-25(17-23)20(2)21(3)31(26)18-22-8-11-24(28)12-9-22/h8-13,17,19H,4-7,14-16,18H2,1-3H3,(H,29,32)/t19-/m0/s1. The first-order chi connectivity index (χ1) is 15.4. The molecule has 1 aliphatic rings. The summed E-state index contributed by atoms with van der Waals surface area (Å²) < 4.78 is 2.31. The first-order valence-electron chi connectivity index (χ1n) is 11.8. The van der Waals surface area contributed by atoms with Gasteiger partial charge in [0.2, 0.25) is 0 Å². The lowest BCUT2D eigenvalue weighted by atomic mass is 10.0. The van der Waals surface area contributed by atoms with Crippen LogP contribution in [-0.2, 0) is 6.54 Å². The third kappa shape index (κ3) is 5.02. The smallest absolute Gasteiger partial charge is 0.251 e. The van der Waals surface area contributed by atoms with Crippen LogP contribution >= 0.6 is 11.6 Å². The number of carbonyl (C=O) groups excluding carboxylic acids is 1. The van der Waals surface area contributed by atoms with Gasteiger partial charge in [0.25, 0.3) is 5.91 Å². The minimum absolute atomic E-state index is 0.0149. The number of amides is 1. The molecule has 0 spiro atoms. The van der Waals surface area contributed by atoms with Gasteiger partial charge in [-0.25, -0.2) is 0 Å². The fraction of sp³-hybridized carbons (Fsp3) is 0.444. The summed E-state index contributed by atoms with van der Waals surface area (Å²) >= 11 is 6.04. The van der Waals surface area contributed by atoms with Crippen molar-refractivity contribution in [3.8, 4) is 0 Å². The third-order valence-electron chi connectivity index (χ3n) is 7.00. The number of nitrogens with one attached hydrogen (secondary N) is 1. The quantitative estimate of drug-likeness (QED) is 0.450. The van der Waals surface area contributed by atoms with Crippen molar-refractivity contribution in [3.05, 3.63) is 69.9 Å². The van der Waals surface area contributed by atoms with Gasteiger partial charge in [0.05, 0.1) is 0 Å². The molecule has 0 radical (unpaired) electrons. The minimum Gasteiger partial charge on any atom is -0.352 e. The van der Waals surface area contributed by atoms with Gasteiger partial charge in [-0.05, 0) is 88.0 Å². The first kappa shape index (κ1) is 22.9. The fourth-order valence-corrected chi connectivity index (χ4v) is 4.97. The molecular formula is C27H34ClN3O. The molecule has 3 aromatic rings. The maximum atomic E-state index is 12.8. The van der Waals surface area contributed by atoms with Crippen LogP contribution in [0, 0.1) is 13.8 Å². The second-order valence-corrected chi connectivity index (χ2v) is 9.58. The lowest BCUT2D eigenvalue weighted by molar-refractivity contribution is 0.0949. The molecule has 2 aromatic carbocycles. The first-order valence-corrected chi connectivity index (χ1v) is 12.2. The van der Waals surface area contributed by atoms with Crippen LogP contribution in [0.1, 0.15) is 59.8 Å². The Kier molecular flexibility index (Phi) is 7.22. The van der Waals surface area contributed by atoms with Crippen molar-refractivity contribution in [2.45, 2.75) is 59.0 Å². The molecule has 0 unspecified atom stereocenters. The Labute approximate surface area is 196 Å². The number of hydrogen-bond donors (Lipinski definition) is 1. The number of benzene rings is 2. The summed E-state index contributed by atoms with van der Waals surface area (Å²) in [5, 5.41) is 5.01. The zero-order chi connectivity index (χ0) is 22.7. The van der Waals surface area contributed by atoms with Crippen molar-refractivity contribution in [2.24, 2.45) is 0 Å². The lowest BCUT2D eigenvalue weighted by Crippen LogP contribution is -2.39. The zero-order valence-corrected chi connectivity index (χ0v) is 20.2. The number of nitrogens with zero attached hydrogens (tertiary/aromatic N) is 2. The van der Waals surface area contributed by atoms with Gasteiger partial charge >= 0.3 is 0 Å². The second kappa shape index (κ2) is 10.1. The molecule has 5 heteroatoms. The molecule has 1 amide bonds. The van der Waals surface area contributed by atoms with Crippen LogP contribution in [0.25, 0.3) is 10.9 Å². The monoisotopic (exact) mass is 451 g/mol. The predicted molar refractivity (Wildman–Crippen MR) is 134 cm³/mol. The van der Waals surface area contributed by atoms with Crippen LogP contribution in [0.15, 0.2) is 42.5 Å². The van der Waals surface area contributed by atoms with Crippen molar-refractivity contribution in [3.63, 3.8) is 0 Å². The summed E-state index contributed by atoms with van der Waals surface area (Å²) in [6.07, 6.45) is 4.93. The molecule has 0 saturated carbocycles. The molecule has 1 aromatic heterocycles. The van der Waals surface area contributed by atoms with E-state index in [0.717, 1.165) is 47.5 Å². The molecule has 32 heavy (non-hydrogen) atoms. The Bertz CT molecular complexity index is 1090. The molecule has 4 nitrogen and oxygen atoms in total. The van der Waals surface area contributed by atoms with Crippen molar-refractivity contribution in [1.82, 2.24) is 14.8 Å². The van der Waals surface area contributed by atoms with Crippen molar-refractivity contribution >= 4 is 28.4 Å². The SMILES string of the molecule is Cc1c(C)n(Cc2ccc(Cl)cc2)c2ccc(C(=O)NCCCN3CCCC[C@@H]3C)cc12. The number of halogens is 1. The van der Waals surface area contributed by atoms with Crippen LogP contribution in [0.2, 0.25) is 5.02 Å². The summed E-state index contributed by atoms with van der Waals surface area (Å²) in [5.74, 6) is 0.0149. The van der Waals surface area contributed by atoms with Gasteiger partial charge in [0.1, 0.15) is 0 Å². The minimum atomic E-state index is 0.0149. The average molecular weight is 452 g/mol. The van der Waals surface area contributed by atoms with E-state index in [4.69, 9.17) is 11.6 Å². The fourth-order valence-electron chi connectivity index (χ4n) is 4.84. The van der Waals surface area contributed by atoms with E-state index in [1.54, 1.807) is 0 Å². The Morgan fingerprint density at radius 2 is 1.91 bits per heavy atom. The molecule has 1 saturated heterocycles. The number of hydrogen-bond acceptors (Lipinski definition) is 2. The van der Waals surface area contributed by atoms with Gasteiger partial charge in [0, 0.05) is 52.9 Å². The molecule has 1 aliphatic heterocycles. The highest BCUT2D eigenvalue weighted by Crippen LogP contribution is 2.27. The molecule has 1 N–H and O–H groups in total. The van der Waals surface area contributed by atoms with Crippen LogP contribution < -0.4 is 5.32 Å². The van der Waals surface area contributed by atoms with Gasteiger partial charge in [-0.1, -0.05) is 30.2 Å². The Hall–Kier alpha value is -2.30. The lowest BCUT2D eigenvalue weighted by Gasteiger charge is -2.33. The molecule has 4 rings (SSSR count). The van der Waals surface area contributed by atoms with Crippen LogP contribution in [-0.4, -0.2) is 41.1 Å². The summed E-state index contributed by atoms with van der Waals surface area (Å²) in [5.41, 5.74) is 5.55. The van der Waals surface area contributed by atoms with E-state index in [0.29, 0.717) is 6.04 Å². The molecule has 170 valence electrons. The topological polar surface area (TPSA) is 37.3 Å². The number of fused-ring (bicyclic) bond motifs is 1. The molecule has 1 atom stereocenters. The van der Waals surface area contributed by atoms with E-state index in [-0.39, 0.29) is 5.91 Å². The van der Waals surface area contributed by atoms with Crippen molar-refractivity contribution in [2.75, 3.05) is 19.6 Å². The third-order valence-corrected chi connectivity index (χ3v) is 7.26. The van der Waals surface area contributed by atoms with E-state index in [1.165, 1.54) is 42.6 Å². The number of aromatic nitrogens is 1. The van der Waals surface area contributed by atoms with E-state index >= 15 is 0 Å². The van der Waals surface area contributed by atoms with E-state index in [1.807, 2.05) is 24.3 Å². The maximum Gasteiger partial charge on any atom is 0.251 e. The number of likely N-dealkylation sites (tertiary alicyclic amines) is 1. The molecule has 1 fully saturated rings. The highest BCUT2D eigenvalue weighted by Gasteiger charge is 2.18. The highest BCUT2D eigenvalue weighted by atomic mass is 35.5. The van der Waals surface area contributed by atoms with Crippen LogP contribution in [0.4, 0.5) is 0 Å². The molecular weight excluding hydrogens is 418 g/mol. The molecule has 2 heterocycles. The number of aryl methyl sites for hydroxylation is 1. The van der Waals surface area contributed by atoms with E-state index in [9.17, 15) is 4.79 Å². The maximum absolute atomic E-state index is 12.8.